The number of ether oxygens (including phenoxy) is 1. The highest BCUT2D eigenvalue weighted by Gasteiger charge is 2.45. The standard InChI is InChI=1S/C18H17F3INO4/c19-18(20,21)13-4-3-11(12(23-13)8-27-6-5-22)17(26)14-15(24)9-1-2-10(7-9)16(14)25/h3-4,9-10,26H,1-2,5-8H2. The maximum Gasteiger partial charge on any atom is 0.433 e. The van der Waals surface area contributed by atoms with Crippen LogP contribution in [0.4, 0.5) is 13.2 Å². The Kier molecular flexibility index (Phi) is 5.90. The number of carbonyl (C=O) groups is 2. The average molecular weight is 495 g/mol. The predicted molar refractivity (Wildman–Crippen MR) is 98.2 cm³/mol. The molecule has 9 heteroatoms. The molecule has 2 aliphatic rings. The van der Waals surface area contributed by atoms with Gasteiger partial charge in [0.15, 0.2) is 11.6 Å². The largest absolute Gasteiger partial charge is 0.506 e. The minimum Gasteiger partial charge on any atom is -0.506 e. The highest BCUT2D eigenvalue weighted by Crippen LogP contribution is 2.42. The number of aliphatic hydroxyl groups excluding tert-OH is 1. The summed E-state index contributed by atoms with van der Waals surface area (Å²) in [5, 5.41) is 10.6. The van der Waals surface area contributed by atoms with Crippen molar-refractivity contribution in [3.05, 3.63) is 34.7 Å². The van der Waals surface area contributed by atoms with Crippen molar-refractivity contribution >= 4 is 39.9 Å². The van der Waals surface area contributed by atoms with Crippen LogP contribution in [-0.2, 0) is 27.1 Å². The molecule has 2 saturated carbocycles. The number of allylic oxidation sites excluding steroid dienone is 1. The molecule has 0 spiro atoms. The first-order valence-electron chi connectivity index (χ1n) is 8.47. The second-order valence-corrected chi connectivity index (χ2v) is 7.67. The van der Waals surface area contributed by atoms with Crippen LogP contribution in [0.1, 0.15) is 36.2 Å². The number of pyridine rings is 1. The Morgan fingerprint density at radius 3 is 2.41 bits per heavy atom. The molecule has 5 nitrogen and oxygen atoms in total. The highest BCUT2D eigenvalue weighted by atomic mass is 127. The number of Topliss-reactive ketones (excluding diaryl/α,β-unsaturated/α-hetero) is 2. The van der Waals surface area contributed by atoms with Gasteiger partial charge in [0.2, 0.25) is 0 Å². The molecule has 2 atom stereocenters. The normalized spacial score (nSPS) is 22.4. The van der Waals surface area contributed by atoms with Crippen LogP contribution in [0.3, 0.4) is 0 Å². The fraction of sp³-hybridized carbons (Fsp3) is 0.500. The molecule has 1 heterocycles. The Hall–Kier alpha value is -1.49. The lowest BCUT2D eigenvalue weighted by Crippen LogP contribution is -2.30. The quantitative estimate of drug-likeness (QED) is 0.168. The van der Waals surface area contributed by atoms with Crippen molar-refractivity contribution in [2.75, 3.05) is 11.0 Å². The average Bonchev–Trinajstić information content (AvgIpc) is 3.07. The van der Waals surface area contributed by atoms with E-state index in [0.29, 0.717) is 23.7 Å². The molecule has 0 aromatic carbocycles. The Morgan fingerprint density at radius 2 is 1.85 bits per heavy atom. The van der Waals surface area contributed by atoms with Gasteiger partial charge in [0, 0.05) is 21.8 Å². The summed E-state index contributed by atoms with van der Waals surface area (Å²) < 4.78 is 44.9. The zero-order chi connectivity index (χ0) is 19.8. The van der Waals surface area contributed by atoms with E-state index >= 15 is 0 Å². The Labute approximate surface area is 167 Å². The predicted octanol–water partition coefficient (Wildman–Crippen LogP) is 3.89. The number of alkyl halides is 4. The lowest BCUT2D eigenvalue weighted by atomic mass is 9.81. The second-order valence-electron chi connectivity index (χ2n) is 6.59. The van der Waals surface area contributed by atoms with Gasteiger partial charge in [-0.1, -0.05) is 22.6 Å². The van der Waals surface area contributed by atoms with Crippen molar-refractivity contribution in [3.8, 4) is 0 Å². The van der Waals surface area contributed by atoms with Crippen molar-refractivity contribution < 1.29 is 32.6 Å². The number of ketones is 2. The van der Waals surface area contributed by atoms with Gasteiger partial charge in [-0.2, -0.15) is 13.2 Å². The van der Waals surface area contributed by atoms with Crippen LogP contribution < -0.4 is 0 Å². The number of aliphatic hydroxyl groups is 1. The Balaban J connectivity index is 2.06. The van der Waals surface area contributed by atoms with E-state index < -0.39 is 29.2 Å². The van der Waals surface area contributed by atoms with Crippen molar-refractivity contribution in [1.82, 2.24) is 4.98 Å². The van der Waals surface area contributed by atoms with Crippen molar-refractivity contribution in [2.45, 2.75) is 32.0 Å². The molecular formula is C18H17F3INO4. The van der Waals surface area contributed by atoms with Gasteiger partial charge >= 0.3 is 6.18 Å². The van der Waals surface area contributed by atoms with Crippen molar-refractivity contribution in [1.29, 1.82) is 0 Å². The number of halogens is 4. The molecule has 0 radical (unpaired) electrons. The van der Waals surface area contributed by atoms with Gasteiger partial charge in [-0.3, -0.25) is 9.59 Å². The first-order chi connectivity index (χ1) is 12.7. The van der Waals surface area contributed by atoms with Crippen LogP contribution in [-0.4, -0.2) is 32.7 Å². The molecule has 3 rings (SSSR count). The third-order valence-corrected chi connectivity index (χ3v) is 5.32. The lowest BCUT2D eigenvalue weighted by molar-refractivity contribution is -0.141. The van der Waals surface area contributed by atoms with Crippen LogP contribution in [0.5, 0.6) is 0 Å². The minimum absolute atomic E-state index is 0.0746. The first-order valence-corrected chi connectivity index (χ1v) is 9.99. The maximum atomic E-state index is 13.0. The van der Waals surface area contributed by atoms with Gasteiger partial charge in [-0.05, 0) is 31.4 Å². The molecule has 2 unspecified atom stereocenters. The van der Waals surface area contributed by atoms with E-state index in [9.17, 15) is 27.9 Å². The third-order valence-electron chi connectivity index (χ3n) is 4.88. The summed E-state index contributed by atoms with van der Waals surface area (Å²) in [7, 11) is 0. The fourth-order valence-electron chi connectivity index (χ4n) is 3.56. The van der Waals surface area contributed by atoms with Gasteiger partial charge in [0.05, 0.1) is 18.9 Å². The van der Waals surface area contributed by atoms with Crippen LogP contribution >= 0.6 is 22.6 Å². The van der Waals surface area contributed by atoms with Crippen molar-refractivity contribution in [2.24, 2.45) is 11.8 Å². The van der Waals surface area contributed by atoms with E-state index in [1.54, 1.807) is 0 Å². The molecule has 2 bridgehead atoms. The summed E-state index contributed by atoms with van der Waals surface area (Å²) >= 11 is 2.05. The van der Waals surface area contributed by atoms with E-state index in [4.69, 9.17) is 4.74 Å². The Morgan fingerprint density at radius 1 is 1.22 bits per heavy atom. The van der Waals surface area contributed by atoms with Gasteiger partial charge < -0.3 is 9.84 Å². The van der Waals surface area contributed by atoms with Gasteiger partial charge in [-0.25, -0.2) is 4.98 Å². The molecule has 1 aromatic rings. The molecule has 0 amide bonds. The van der Waals surface area contributed by atoms with E-state index in [1.807, 2.05) is 0 Å². The smallest absolute Gasteiger partial charge is 0.433 e. The Bertz CT molecular complexity index is 782. The second kappa shape index (κ2) is 7.86. The summed E-state index contributed by atoms with van der Waals surface area (Å²) in [6.45, 7) is 0.0199. The SMILES string of the molecule is O=C1C(=C(O)c2ccc(C(F)(F)F)nc2COCCI)C(=O)C2CCC1C2. The molecule has 146 valence electrons. The van der Waals surface area contributed by atoms with E-state index in [-0.39, 0.29) is 41.9 Å². The number of aromatic nitrogens is 1. The van der Waals surface area contributed by atoms with Crippen LogP contribution in [0.15, 0.2) is 17.7 Å². The van der Waals surface area contributed by atoms with Gasteiger partial charge in [-0.15, -0.1) is 0 Å². The summed E-state index contributed by atoms with van der Waals surface area (Å²) in [4.78, 5) is 28.6. The number of fused-ring (bicyclic) bond motifs is 2. The van der Waals surface area contributed by atoms with E-state index in [1.165, 1.54) is 0 Å². The number of nitrogens with zero attached hydrogens (tertiary/aromatic N) is 1. The van der Waals surface area contributed by atoms with Crippen molar-refractivity contribution in [3.63, 3.8) is 0 Å². The molecule has 0 saturated heterocycles. The third kappa shape index (κ3) is 4.03. The number of hydrogen-bond donors (Lipinski definition) is 1. The van der Waals surface area contributed by atoms with E-state index in [2.05, 4.69) is 27.6 Å². The summed E-state index contributed by atoms with van der Waals surface area (Å²) in [6, 6.07) is 1.76. The summed E-state index contributed by atoms with van der Waals surface area (Å²) in [6.07, 6.45) is -3.01. The lowest BCUT2D eigenvalue weighted by Gasteiger charge is -2.21. The van der Waals surface area contributed by atoms with Crippen LogP contribution in [0.25, 0.3) is 5.76 Å². The summed E-state index contributed by atoms with van der Waals surface area (Å²) in [5.41, 5.74) is -1.67. The first kappa shape index (κ1) is 20.2. The van der Waals surface area contributed by atoms with Gasteiger partial charge in [0.1, 0.15) is 17.0 Å². The van der Waals surface area contributed by atoms with Gasteiger partial charge in [0.25, 0.3) is 0 Å². The minimum atomic E-state index is -4.66. The fourth-order valence-corrected chi connectivity index (χ4v) is 3.88. The number of rotatable bonds is 5. The zero-order valence-corrected chi connectivity index (χ0v) is 16.3. The molecular weight excluding hydrogens is 478 g/mol. The maximum absolute atomic E-state index is 13.0. The van der Waals surface area contributed by atoms with E-state index in [0.717, 1.165) is 12.1 Å². The topological polar surface area (TPSA) is 76.5 Å². The molecule has 2 fully saturated rings. The number of carbonyl (C=O) groups excluding carboxylic acids is 2. The number of hydrogen-bond acceptors (Lipinski definition) is 5. The van der Waals surface area contributed by atoms with Crippen LogP contribution in [0, 0.1) is 11.8 Å². The summed E-state index contributed by atoms with van der Waals surface area (Å²) in [5.74, 6) is -2.11. The highest BCUT2D eigenvalue weighted by molar-refractivity contribution is 14.1. The molecule has 27 heavy (non-hydrogen) atoms. The molecule has 2 aliphatic carbocycles. The molecule has 0 aliphatic heterocycles. The molecule has 1 aromatic heterocycles. The monoisotopic (exact) mass is 495 g/mol. The zero-order valence-electron chi connectivity index (χ0n) is 14.2. The molecule has 1 N–H and O–H groups in total. The van der Waals surface area contributed by atoms with Crippen LogP contribution in [0.2, 0.25) is 0 Å².